The highest BCUT2D eigenvalue weighted by molar-refractivity contribution is 5.66. The van der Waals surface area contributed by atoms with Crippen LogP contribution >= 0.6 is 0 Å². The van der Waals surface area contributed by atoms with Gasteiger partial charge in [-0.05, 0) is 86.5 Å². The van der Waals surface area contributed by atoms with Gasteiger partial charge in [-0.2, -0.15) is 0 Å². The van der Waals surface area contributed by atoms with Crippen LogP contribution in [0.4, 0.5) is 13.2 Å². The highest BCUT2D eigenvalue weighted by Crippen LogP contribution is 2.46. The molecule has 1 saturated heterocycles. The molecular weight excluding hydrogens is 441 g/mol. The third kappa shape index (κ3) is 5.71. The van der Waals surface area contributed by atoms with Gasteiger partial charge in [0, 0.05) is 11.3 Å². The molecule has 0 bridgehead atoms. The summed E-state index contributed by atoms with van der Waals surface area (Å²) < 4.78 is 52.4. The van der Waals surface area contributed by atoms with E-state index in [0.29, 0.717) is 30.6 Å². The SMILES string of the molecule is CCCCCC1(C)COC(O)(C2CCC(C3CC=C(c4cc(F)c(F)c(F)c4)CC3)CC2)OC1. The van der Waals surface area contributed by atoms with Crippen LogP contribution in [0.1, 0.15) is 90.0 Å². The van der Waals surface area contributed by atoms with Crippen LogP contribution in [0.5, 0.6) is 0 Å². The second-order valence-corrected chi connectivity index (χ2v) is 11.1. The number of allylic oxidation sites excluding steroid dienone is 2. The maximum Gasteiger partial charge on any atom is 0.283 e. The molecule has 0 aromatic heterocycles. The van der Waals surface area contributed by atoms with Crippen molar-refractivity contribution in [1.82, 2.24) is 0 Å². The summed E-state index contributed by atoms with van der Waals surface area (Å²) in [6, 6.07) is 2.19. The van der Waals surface area contributed by atoms with Crippen molar-refractivity contribution in [2.24, 2.45) is 23.2 Å². The molecule has 4 rings (SSSR count). The fraction of sp³-hybridized carbons (Fsp3) is 0.714. The first kappa shape index (κ1) is 25.7. The standard InChI is InChI=1S/C28H39F3O3/c1-3-4-5-14-27(2)17-33-28(32,34-18-27)23-12-10-20(11-13-23)19-6-8-21(9-7-19)22-15-24(29)26(31)25(30)16-22/h8,15-16,19-20,23,32H,3-7,9-14,17-18H2,1-2H3. The monoisotopic (exact) mass is 480 g/mol. The Morgan fingerprint density at radius 1 is 0.941 bits per heavy atom. The molecule has 1 saturated carbocycles. The van der Waals surface area contributed by atoms with Gasteiger partial charge in [0.2, 0.25) is 0 Å². The van der Waals surface area contributed by atoms with Crippen LogP contribution in [0.25, 0.3) is 5.57 Å². The summed E-state index contributed by atoms with van der Waals surface area (Å²) in [6.45, 7) is 5.45. The van der Waals surface area contributed by atoms with Crippen molar-refractivity contribution in [2.75, 3.05) is 13.2 Å². The molecule has 1 aromatic carbocycles. The molecule has 34 heavy (non-hydrogen) atoms. The fourth-order valence-electron chi connectivity index (χ4n) is 6.06. The zero-order valence-electron chi connectivity index (χ0n) is 20.6. The van der Waals surface area contributed by atoms with Gasteiger partial charge in [0.1, 0.15) is 0 Å². The van der Waals surface area contributed by atoms with Crippen LogP contribution in [0.15, 0.2) is 18.2 Å². The zero-order valence-corrected chi connectivity index (χ0v) is 20.6. The Labute approximate surface area is 201 Å². The average molecular weight is 481 g/mol. The predicted molar refractivity (Wildman–Crippen MR) is 126 cm³/mol. The summed E-state index contributed by atoms with van der Waals surface area (Å²) in [4.78, 5) is 0. The first-order valence-electron chi connectivity index (χ1n) is 13.1. The fourth-order valence-corrected chi connectivity index (χ4v) is 6.06. The van der Waals surface area contributed by atoms with Crippen molar-refractivity contribution in [3.63, 3.8) is 0 Å². The Hall–Kier alpha value is -1.37. The topological polar surface area (TPSA) is 38.7 Å². The van der Waals surface area contributed by atoms with Gasteiger partial charge in [0.25, 0.3) is 5.97 Å². The van der Waals surface area contributed by atoms with Gasteiger partial charge >= 0.3 is 0 Å². The molecule has 1 aromatic rings. The Morgan fingerprint density at radius 3 is 2.15 bits per heavy atom. The number of halogens is 3. The van der Waals surface area contributed by atoms with Gasteiger partial charge in [-0.15, -0.1) is 0 Å². The Morgan fingerprint density at radius 2 is 1.59 bits per heavy atom. The number of aliphatic hydroxyl groups is 1. The minimum atomic E-state index is -1.47. The lowest BCUT2D eigenvalue weighted by atomic mass is 9.70. The summed E-state index contributed by atoms with van der Waals surface area (Å²) >= 11 is 0. The summed E-state index contributed by atoms with van der Waals surface area (Å²) in [6.07, 6.45) is 13.0. The Kier molecular flexibility index (Phi) is 8.10. The molecule has 1 unspecified atom stereocenters. The molecule has 3 nitrogen and oxygen atoms in total. The van der Waals surface area contributed by atoms with Crippen molar-refractivity contribution < 1.29 is 27.8 Å². The molecule has 0 spiro atoms. The van der Waals surface area contributed by atoms with E-state index in [1.54, 1.807) is 0 Å². The van der Waals surface area contributed by atoms with E-state index in [-0.39, 0.29) is 11.3 Å². The Balaban J connectivity index is 1.27. The van der Waals surface area contributed by atoms with Crippen molar-refractivity contribution in [3.8, 4) is 0 Å². The zero-order chi connectivity index (χ0) is 24.3. The van der Waals surface area contributed by atoms with E-state index in [9.17, 15) is 18.3 Å². The number of hydrogen-bond acceptors (Lipinski definition) is 3. The molecule has 6 heteroatoms. The van der Waals surface area contributed by atoms with Gasteiger partial charge in [-0.3, -0.25) is 0 Å². The highest BCUT2D eigenvalue weighted by Gasteiger charge is 2.48. The average Bonchev–Trinajstić information content (AvgIpc) is 2.85. The van der Waals surface area contributed by atoms with E-state index in [1.807, 2.05) is 0 Å². The molecular formula is C28H39F3O3. The van der Waals surface area contributed by atoms with Gasteiger partial charge in [-0.25, -0.2) is 13.2 Å². The highest BCUT2D eigenvalue weighted by atomic mass is 19.2. The number of rotatable bonds is 7. The van der Waals surface area contributed by atoms with Gasteiger partial charge < -0.3 is 14.6 Å². The lowest BCUT2D eigenvalue weighted by molar-refractivity contribution is -0.427. The third-order valence-electron chi connectivity index (χ3n) is 8.40. The van der Waals surface area contributed by atoms with E-state index >= 15 is 0 Å². The maximum absolute atomic E-state index is 13.6. The lowest BCUT2D eigenvalue weighted by Crippen LogP contribution is -2.53. The van der Waals surface area contributed by atoms with Gasteiger partial charge in [0.05, 0.1) is 13.2 Å². The molecule has 1 N–H and O–H groups in total. The van der Waals surface area contributed by atoms with Crippen LogP contribution in [0.3, 0.4) is 0 Å². The van der Waals surface area contributed by atoms with E-state index in [1.165, 1.54) is 12.8 Å². The minimum Gasteiger partial charge on any atom is -0.343 e. The smallest absolute Gasteiger partial charge is 0.283 e. The number of benzene rings is 1. The van der Waals surface area contributed by atoms with E-state index < -0.39 is 23.4 Å². The summed E-state index contributed by atoms with van der Waals surface area (Å²) in [5, 5.41) is 11.1. The number of hydrogen-bond donors (Lipinski definition) is 1. The summed E-state index contributed by atoms with van der Waals surface area (Å²) in [5.74, 6) is -4.09. The van der Waals surface area contributed by atoms with Crippen LogP contribution in [-0.2, 0) is 9.47 Å². The summed E-state index contributed by atoms with van der Waals surface area (Å²) in [7, 11) is 0. The number of ether oxygens (including phenoxy) is 2. The molecule has 0 radical (unpaired) electrons. The molecule has 2 fully saturated rings. The molecule has 2 aliphatic carbocycles. The normalized spacial score (nSPS) is 34.6. The van der Waals surface area contributed by atoms with Crippen LogP contribution < -0.4 is 0 Å². The lowest BCUT2D eigenvalue weighted by Gasteiger charge is -2.47. The second-order valence-electron chi connectivity index (χ2n) is 11.1. The maximum atomic E-state index is 13.6. The van der Waals surface area contributed by atoms with E-state index in [2.05, 4.69) is 19.9 Å². The van der Waals surface area contributed by atoms with Gasteiger partial charge in [-0.1, -0.05) is 39.2 Å². The second kappa shape index (κ2) is 10.7. The van der Waals surface area contributed by atoms with Crippen molar-refractivity contribution in [2.45, 2.75) is 90.4 Å². The first-order chi connectivity index (χ1) is 16.2. The van der Waals surface area contributed by atoms with Crippen LogP contribution in [-0.4, -0.2) is 24.3 Å². The number of unbranched alkanes of at least 4 members (excludes halogenated alkanes) is 2. The Bertz CT molecular complexity index is 845. The van der Waals surface area contributed by atoms with E-state index in [4.69, 9.17) is 9.47 Å². The molecule has 0 amide bonds. The van der Waals surface area contributed by atoms with Crippen molar-refractivity contribution in [1.29, 1.82) is 0 Å². The molecule has 3 aliphatic rings. The van der Waals surface area contributed by atoms with Crippen molar-refractivity contribution >= 4 is 5.57 Å². The molecule has 190 valence electrons. The third-order valence-corrected chi connectivity index (χ3v) is 8.40. The molecule has 1 aliphatic heterocycles. The van der Waals surface area contributed by atoms with Gasteiger partial charge in [0.15, 0.2) is 17.5 Å². The first-order valence-corrected chi connectivity index (χ1v) is 13.1. The minimum absolute atomic E-state index is 0.0104. The van der Waals surface area contributed by atoms with Crippen molar-refractivity contribution in [3.05, 3.63) is 41.2 Å². The van der Waals surface area contributed by atoms with Crippen LogP contribution in [0.2, 0.25) is 0 Å². The largest absolute Gasteiger partial charge is 0.343 e. The summed E-state index contributed by atoms with van der Waals surface area (Å²) in [5.41, 5.74) is 1.30. The molecule has 1 atom stereocenters. The van der Waals surface area contributed by atoms with Crippen LogP contribution in [0, 0.1) is 40.6 Å². The predicted octanol–water partition coefficient (Wildman–Crippen LogP) is 7.37. The molecule has 1 heterocycles. The van der Waals surface area contributed by atoms with E-state index in [0.717, 1.165) is 75.5 Å². The quantitative estimate of drug-likeness (QED) is 0.327.